The van der Waals surface area contributed by atoms with Crippen LogP contribution in [0, 0.1) is 11.3 Å². The molecular formula is C21H30O4. The van der Waals surface area contributed by atoms with Gasteiger partial charge in [-0.25, -0.2) is 0 Å². The molecule has 0 aromatic heterocycles. The summed E-state index contributed by atoms with van der Waals surface area (Å²) in [5.74, 6) is -0.316. The molecule has 0 aromatic carbocycles. The first-order chi connectivity index (χ1) is 11.8. The van der Waals surface area contributed by atoms with Gasteiger partial charge in [-0.1, -0.05) is 30.7 Å². The van der Waals surface area contributed by atoms with Crippen LogP contribution in [0.5, 0.6) is 0 Å². The average Bonchev–Trinajstić information content (AvgIpc) is 2.88. The van der Waals surface area contributed by atoms with E-state index in [4.69, 9.17) is 0 Å². The second kappa shape index (κ2) is 6.82. The quantitative estimate of drug-likeness (QED) is 0.731. The SMILES string of the molecule is CC1=C(/C=C/C2=CCC[C@@]3(C)[C@H]2CC[C@]3(O)C(=O)CO)C[C@@H](O)CC1. The zero-order chi connectivity index (χ0) is 18.2. The summed E-state index contributed by atoms with van der Waals surface area (Å²) in [6, 6.07) is 0. The minimum absolute atomic E-state index is 0.132. The van der Waals surface area contributed by atoms with E-state index < -0.39 is 23.4 Å². The molecule has 0 amide bonds. The topological polar surface area (TPSA) is 77.8 Å². The summed E-state index contributed by atoms with van der Waals surface area (Å²) in [5, 5.41) is 30.2. The minimum Gasteiger partial charge on any atom is -0.393 e. The molecule has 3 aliphatic carbocycles. The van der Waals surface area contributed by atoms with Crippen molar-refractivity contribution in [2.24, 2.45) is 11.3 Å². The van der Waals surface area contributed by atoms with Crippen molar-refractivity contribution >= 4 is 5.78 Å². The molecule has 4 nitrogen and oxygen atoms in total. The summed E-state index contributed by atoms with van der Waals surface area (Å²) in [6.07, 6.45) is 11.4. The highest BCUT2D eigenvalue weighted by atomic mass is 16.3. The van der Waals surface area contributed by atoms with Crippen LogP contribution in [0.3, 0.4) is 0 Å². The number of aliphatic hydroxyl groups excluding tert-OH is 2. The zero-order valence-corrected chi connectivity index (χ0v) is 15.3. The van der Waals surface area contributed by atoms with Crippen molar-refractivity contribution in [1.82, 2.24) is 0 Å². The van der Waals surface area contributed by atoms with Crippen molar-refractivity contribution in [2.75, 3.05) is 6.61 Å². The summed E-state index contributed by atoms with van der Waals surface area (Å²) >= 11 is 0. The number of carbonyl (C=O) groups excluding carboxylic acids is 1. The molecular weight excluding hydrogens is 316 g/mol. The van der Waals surface area contributed by atoms with Crippen molar-refractivity contribution in [2.45, 2.75) is 70.5 Å². The van der Waals surface area contributed by atoms with E-state index in [1.54, 1.807) is 0 Å². The van der Waals surface area contributed by atoms with Crippen LogP contribution in [0.15, 0.2) is 34.9 Å². The first-order valence-electron chi connectivity index (χ1n) is 9.43. The molecule has 3 aliphatic rings. The number of ketones is 1. The smallest absolute Gasteiger partial charge is 0.190 e. The van der Waals surface area contributed by atoms with Gasteiger partial charge in [0.15, 0.2) is 5.78 Å². The second-order valence-electron chi connectivity index (χ2n) is 8.23. The highest BCUT2D eigenvalue weighted by Crippen LogP contribution is 2.58. The van der Waals surface area contributed by atoms with Gasteiger partial charge in [0.1, 0.15) is 12.2 Å². The standard InChI is InChI=1S/C21H30O4/c1-14-5-8-17(23)12-16(14)7-6-15-4-3-10-20(2)18(15)9-11-21(20,25)19(24)13-22/h4,6-7,17-18,22-23,25H,3,5,8-13H2,1-2H3/b7-6+/t17-,18-,20-,21-/m0/s1. The van der Waals surface area contributed by atoms with Crippen LogP contribution in [0.25, 0.3) is 0 Å². The summed E-state index contributed by atoms with van der Waals surface area (Å²) in [4.78, 5) is 12.2. The lowest BCUT2D eigenvalue weighted by atomic mass is 9.62. The maximum Gasteiger partial charge on any atom is 0.190 e. The fourth-order valence-electron chi connectivity index (χ4n) is 5.10. The van der Waals surface area contributed by atoms with E-state index in [1.165, 1.54) is 16.7 Å². The second-order valence-corrected chi connectivity index (χ2v) is 8.23. The Morgan fingerprint density at radius 2 is 2.08 bits per heavy atom. The van der Waals surface area contributed by atoms with E-state index in [1.807, 2.05) is 6.92 Å². The molecule has 0 radical (unpaired) electrons. The molecule has 3 N–H and O–H groups in total. The Balaban J connectivity index is 1.84. The van der Waals surface area contributed by atoms with E-state index in [9.17, 15) is 20.1 Å². The molecule has 3 rings (SSSR count). The molecule has 25 heavy (non-hydrogen) atoms. The summed E-state index contributed by atoms with van der Waals surface area (Å²) in [5.41, 5.74) is 1.77. The van der Waals surface area contributed by atoms with Crippen LogP contribution in [0.2, 0.25) is 0 Å². The van der Waals surface area contributed by atoms with E-state index in [2.05, 4.69) is 25.2 Å². The molecule has 0 heterocycles. The fourth-order valence-corrected chi connectivity index (χ4v) is 5.10. The van der Waals surface area contributed by atoms with E-state index >= 15 is 0 Å². The lowest BCUT2D eigenvalue weighted by Crippen LogP contribution is -2.53. The number of rotatable bonds is 4. The largest absolute Gasteiger partial charge is 0.393 e. The van der Waals surface area contributed by atoms with Crippen LogP contribution in [-0.2, 0) is 4.79 Å². The minimum atomic E-state index is -1.42. The van der Waals surface area contributed by atoms with Crippen molar-refractivity contribution in [3.05, 3.63) is 34.9 Å². The number of hydrogen-bond acceptors (Lipinski definition) is 4. The van der Waals surface area contributed by atoms with Crippen LogP contribution in [-0.4, -0.2) is 39.4 Å². The maximum atomic E-state index is 12.2. The Labute approximate surface area is 149 Å². The van der Waals surface area contributed by atoms with Crippen LogP contribution >= 0.6 is 0 Å². The highest BCUT2D eigenvalue weighted by molar-refractivity contribution is 5.89. The fraction of sp³-hybridized carbons (Fsp3) is 0.667. The number of Topliss-reactive ketones (excluding diaryl/α,β-unsaturated/α-hetero) is 1. The molecule has 1 saturated carbocycles. The molecule has 0 aromatic rings. The van der Waals surface area contributed by atoms with Crippen LogP contribution in [0.4, 0.5) is 0 Å². The van der Waals surface area contributed by atoms with Crippen LogP contribution < -0.4 is 0 Å². The Morgan fingerprint density at radius 1 is 1.32 bits per heavy atom. The van der Waals surface area contributed by atoms with Gasteiger partial charge in [0.2, 0.25) is 0 Å². The molecule has 0 spiro atoms. The number of fused-ring (bicyclic) bond motifs is 1. The lowest BCUT2D eigenvalue weighted by Gasteiger charge is -2.44. The molecule has 0 aliphatic heterocycles. The molecule has 1 fully saturated rings. The van der Waals surface area contributed by atoms with Gasteiger partial charge in [-0.15, -0.1) is 0 Å². The first-order valence-corrected chi connectivity index (χ1v) is 9.43. The summed E-state index contributed by atoms with van der Waals surface area (Å²) in [6.45, 7) is 3.52. The van der Waals surface area contributed by atoms with Gasteiger partial charge in [-0.05, 0) is 68.9 Å². The molecule has 4 heteroatoms. The third kappa shape index (κ3) is 3.05. The van der Waals surface area contributed by atoms with Gasteiger partial charge in [-0.2, -0.15) is 0 Å². The lowest BCUT2D eigenvalue weighted by molar-refractivity contribution is -0.154. The third-order valence-corrected chi connectivity index (χ3v) is 6.89. The Hall–Kier alpha value is -1.23. The van der Waals surface area contributed by atoms with E-state index in [-0.39, 0.29) is 12.0 Å². The van der Waals surface area contributed by atoms with Gasteiger partial charge in [0.25, 0.3) is 0 Å². The molecule has 138 valence electrons. The van der Waals surface area contributed by atoms with Gasteiger partial charge in [0, 0.05) is 5.41 Å². The number of carbonyl (C=O) groups is 1. The van der Waals surface area contributed by atoms with Crippen molar-refractivity contribution in [3.63, 3.8) is 0 Å². The number of aliphatic hydroxyl groups is 3. The normalized spacial score (nSPS) is 38.8. The maximum absolute atomic E-state index is 12.2. The zero-order valence-electron chi connectivity index (χ0n) is 15.3. The van der Waals surface area contributed by atoms with Gasteiger partial charge in [-0.3, -0.25) is 4.79 Å². The average molecular weight is 346 g/mol. The monoisotopic (exact) mass is 346 g/mol. The summed E-state index contributed by atoms with van der Waals surface area (Å²) < 4.78 is 0. The van der Waals surface area contributed by atoms with Gasteiger partial charge >= 0.3 is 0 Å². The third-order valence-electron chi connectivity index (χ3n) is 6.89. The number of allylic oxidation sites excluding steroid dienone is 5. The van der Waals surface area contributed by atoms with Gasteiger partial charge < -0.3 is 15.3 Å². The highest BCUT2D eigenvalue weighted by Gasteiger charge is 2.60. The van der Waals surface area contributed by atoms with Crippen LogP contribution in [0.1, 0.15) is 58.8 Å². The predicted octanol–water partition coefficient (Wildman–Crippen LogP) is 2.83. The molecule has 0 saturated heterocycles. The first kappa shape index (κ1) is 18.6. The summed E-state index contributed by atoms with van der Waals surface area (Å²) in [7, 11) is 0. The predicted molar refractivity (Wildman–Crippen MR) is 96.9 cm³/mol. The van der Waals surface area contributed by atoms with E-state index in [0.29, 0.717) is 12.8 Å². The number of hydrogen-bond donors (Lipinski definition) is 3. The van der Waals surface area contributed by atoms with E-state index in [0.717, 1.165) is 32.1 Å². The molecule has 0 bridgehead atoms. The molecule has 0 unspecified atom stereocenters. The van der Waals surface area contributed by atoms with Crippen molar-refractivity contribution in [1.29, 1.82) is 0 Å². The molecule has 4 atom stereocenters. The Bertz CT molecular complexity index is 644. The van der Waals surface area contributed by atoms with Gasteiger partial charge in [0.05, 0.1) is 6.10 Å². The Kier molecular flexibility index (Phi) is 5.06. The van der Waals surface area contributed by atoms with Crippen molar-refractivity contribution in [3.8, 4) is 0 Å². The van der Waals surface area contributed by atoms with Crippen molar-refractivity contribution < 1.29 is 20.1 Å². The Morgan fingerprint density at radius 3 is 2.80 bits per heavy atom.